The third-order valence-corrected chi connectivity index (χ3v) is 4.34. The number of alkyl carbamates (subject to hydrolysis) is 1. The summed E-state index contributed by atoms with van der Waals surface area (Å²) in [4.78, 5) is 37.4. The van der Waals surface area contributed by atoms with Gasteiger partial charge in [0, 0.05) is 19.0 Å². The summed E-state index contributed by atoms with van der Waals surface area (Å²) in [5.74, 6) is -1.76. The predicted molar refractivity (Wildman–Crippen MR) is 93.0 cm³/mol. The molecule has 1 aliphatic heterocycles. The van der Waals surface area contributed by atoms with E-state index in [4.69, 9.17) is 10.5 Å². The zero-order valence-corrected chi connectivity index (χ0v) is 15.8. The Balaban J connectivity index is 2.75. The van der Waals surface area contributed by atoms with E-state index in [0.717, 1.165) is 12.8 Å². The molecule has 8 nitrogen and oxygen atoms in total. The number of nitrogens with one attached hydrogen (secondary N) is 1. The van der Waals surface area contributed by atoms with Gasteiger partial charge in [-0.25, -0.2) is 4.79 Å². The van der Waals surface area contributed by atoms with Crippen molar-refractivity contribution in [3.05, 3.63) is 0 Å². The lowest BCUT2D eigenvalue weighted by atomic mass is 9.84. The highest BCUT2D eigenvalue weighted by Gasteiger charge is 2.50. The van der Waals surface area contributed by atoms with E-state index >= 15 is 0 Å². The standard InChI is InChI=1S/C17H31N3O5/c1-6-7-8-12-9-20(10-17(12,18)14(22)23)13(21)11(2)19-15(24)25-16(3,4)5/h11-12H,6-10,18H2,1-5H3,(H,19,24)(H,22,23)/t11-,12-,17-/m0/s1. The van der Waals surface area contributed by atoms with E-state index in [2.05, 4.69) is 5.32 Å². The highest BCUT2D eigenvalue weighted by Crippen LogP contribution is 2.30. The van der Waals surface area contributed by atoms with Crippen LogP contribution in [0.5, 0.6) is 0 Å². The number of rotatable bonds is 6. The maximum atomic E-state index is 12.6. The Morgan fingerprint density at radius 3 is 2.48 bits per heavy atom. The summed E-state index contributed by atoms with van der Waals surface area (Å²) in [7, 11) is 0. The van der Waals surface area contributed by atoms with Crippen LogP contribution in [0.25, 0.3) is 0 Å². The maximum absolute atomic E-state index is 12.6. The van der Waals surface area contributed by atoms with E-state index < -0.39 is 29.2 Å². The minimum Gasteiger partial charge on any atom is -0.480 e. The number of nitrogens with two attached hydrogens (primary N) is 1. The summed E-state index contributed by atoms with van der Waals surface area (Å²) in [6.45, 7) is 8.97. The largest absolute Gasteiger partial charge is 0.480 e. The van der Waals surface area contributed by atoms with Crippen LogP contribution in [-0.2, 0) is 14.3 Å². The molecule has 0 aromatic carbocycles. The first-order valence-electron chi connectivity index (χ1n) is 8.71. The number of carbonyl (C=O) groups excluding carboxylic acids is 2. The summed E-state index contributed by atoms with van der Waals surface area (Å²) < 4.78 is 5.13. The van der Waals surface area contributed by atoms with Crippen molar-refractivity contribution in [2.75, 3.05) is 13.1 Å². The molecular weight excluding hydrogens is 326 g/mol. The summed E-state index contributed by atoms with van der Waals surface area (Å²) in [6.07, 6.45) is 1.74. The number of hydrogen-bond acceptors (Lipinski definition) is 5. The summed E-state index contributed by atoms with van der Waals surface area (Å²) in [5, 5.41) is 12.0. The maximum Gasteiger partial charge on any atom is 0.408 e. The SMILES string of the molecule is CCCC[C@H]1CN(C(=O)[C@H](C)NC(=O)OC(C)(C)C)C[C@@]1(N)C(=O)O. The van der Waals surface area contributed by atoms with Crippen LogP contribution in [-0.4, -0.2) is 58.2 Å². The van der Waals surface area contributed by atoms with Crippen LogP contribution >= 0.6 is 0 Å². The molecule has 0 bridgehead atoms. The summed E-state index contributed by atoms with van der Waals surface area (Å²) in [5.41, 5.74) is 3.98. The number of unbranched alkanes of at least 4 members (excludes halogenated alkanes) is 1. The van der Waals surface area contributed by atoms with Gasteiger partial charge in [0.1, 0.15) is 17.2 Å². The molecule has 0 saturated carbocycles. The second-order valence-electron chi connectivity index (χ2n) is 7.77. The smallest absolute Gasteiger partial charge is 0.408 e. The van der Waals surface area contributed by atoms with Crippen molar-refractivity contribution in [2.45, 2.75) is 71.1 Å². The van der Waals surface area contributed by atoms with Crippen molar-refractivity contribution in [1.82, 2.24) is 10.2 Å². The Labute approximate surface area is 149 Å². The molecule has 3 atom stereocenters. The molecule has 0 aromatic rings. The quantitative estimate of drug-likeness (QED) is 0.659. The third kappa shape index (κ3) is 5.59. The van der Waals surface area contributed by atoms with Gasteiger partial charge in [-0.05, 0) is 34.1 Å². The third-order valence-electron chi connectivity index (χ3n) is 4.34. The first kappa shape index (κ1) is 21.2. The van der Waals surface area contributed by atoms with Crippen LogP contribution in [0.1, 0.15) is 53.9 Å². The lowest BCUT2D eigenvalue weighted by molar-refractivity contribution is -0.144. The van der Waals surface area contributed by atoms with E-state index in [9.17, 15) is 19.5 Å². The minimum atomic E-state index is -1.45. The van der Waals surface area contributed by atoms with Gasteiger partial charge in [-0.15, -0.1) is 0 Å². The average molecular weight is 357 g/mol. The van der Waals surface area contributed by atoms with Crippen molar-refractivity contribution in [3.8, 4) is 0 Å². The normalized spacial score (nSPS) is 24.7. The van der Waals surface area contributed by atoms with Crippen molar-refractivity contribution in [3.63, 3.8) is 0 Å². The number of hydrogen-bond donors (Lipinski definition) is 3. The molecule has 0 radical (unpaired) electrons. The Kier molecular flexibility index (Phi) is 6.82. The molecule has 0 unspecified atom stereocenters. The molecule has 1 fully saturated rings. The molecule has 0 aliphatic carbocycles. The molecule has 25 heavy (non-hydrogen) atoms. The predicted octanol–water partition coefficient (Wildman–Crippen LogP) is 1.33. The first-order chi connectivity index (χ1) is 11.4. The Morgan fingerprint density at radius 1 is 1.40 bits per heavy atom. The monoisotopic (exact) mass is 357 g/mol. The van der Waals surface area contributed by atoms with Crippen molar-refractivity contribution in [1.29, 1.82) is 0 Å². The van der Waals surface area contributed by atoms with E-state index in [-0.39, 0.29) is 24.9 Å². The van der Waals surface area contributed by atoms with Crippen LogP contribution < -0.4 is 11.1 Å². The molecule has 8 heteroatoms. The van der Waals surface area contributed by atoms with Crippen LogP contribution in [0.3, 0.4) is 0 Å². The van der Waals surface area contributed by atoms with Gasteiger partial charge in [-0.2, -0.15) is 0 Å². The number of aliphatic carboxylic acids is 1. The second kappa shape index (κ2) is 8.03. The van der Waals surface area contributed by atoms with Crippen molar-refractivity contribution in [2.24, 2.45) is 11.7 Å². The average Bonchev–Trinajstić information content (AvgIpc) is 2.80. The van der Waals surface area contributed by atoms with Gasteiger partial charge >= 0.3 is 12.1 Å². The molecule has 2 amide bonds. The molecule has 144 valence electrons. The van der Waals surface area contributed by atoms with Crippen LogP contribution in [0.15, 0.2) is 0 Å². The second-order valence-corrected chi connectivity index (χ2v) is 7.77. The number of carbonyl (C=O) groups is 3. The Bertz CT molecular complexity index is 517. The molecule has 1 rings (SSSR count). The molecule has 0 aromatic heterocycles. The number of carboxylic acids is 1. The fourth-order valence-corrected chi connectivity index (χ4v) is 2.97. The van der Waals surface area contributed by atoms with Crippen molar-refractivity contribution < 1.29 is 24.2 Å². The van der Waals surface area contributed by atoms with Crippen LogP contribution in [0.4, 0.5) is 4.79 Å². The highest BCUT2D eigenvalue weighted by molar-refractivity contribution is 5.88. The molecule has 1 aliphatic rings. The van der Waals surface area contributed by atoms with Gasteiger partial charge in [0.05, 0.1) is 0 Å². The fourth-order valence-electron chi connectivity index (χ4n) is 2.97. The molecule has 4 N–H and O–H groups in total. The van der Waals surface area contributed by atoms with Gasteiger partial charge in [-0.1, -0.05) is 19.8 Å². The lowest BCUT2D eigenvalue weighted by Gasteiger charge is -2.26. The zero-order chi connectivity index (χ0) is 19.4. The number of amides is 2. The van der Waals surface area contributed by atoms with Crippen molar-refractivity contribution >= 4 is 18.0 Å². The number of nitrogens with zero attached hydrogens (tertiary/aromatic N) is 1. The number of likely N-dealkylation sites (tertiary alicyclic amines) is 1. The first-order valence-corrected chi connectivity index (χ1v) is 8.71. The van der Waals surface area contributed by atoms with E-state index in [1.54, 1.807) is 27.7 Å². The van der Waals surface area contributed by atoms with Gasteiger partial charge in [0.2, 0.25) is 5.91 Å². The van der Waals surface area contributed by atoms with Gasteiger partial charge in [0.15, 0.2) is 0 Å². The summed E-state index contributed by atoms with van der Waals surface area (Å²) in [6, 6.07) is -0.821. The van der Waals surface area contributed by atoms with E-state index in [0.29, 0.717) is 6.42 Å². The van der Waals surface area contributed by atoms with Gasteiger partial charge in [0.25, 0.3) is 0 Å². The molecular formula is C17H31N3O5. The molecule has 0 spiro atoms. The summed E-state index contributed by atoms with van der Waals surface area (Å²) >= 11 is 0. The highest BCUT2D eigenvalue weighted by atomic mass is 16.6. The van der Waals surface area contributed by atoms with Gasteiger partial charge < -0.3 is 25.8 Å². The Morgan fingerprint density at radius 2 is 2.00 bits per heavy atom. The fraction of sp³-hybridized carbons (Fsp3) is 0.824. The van der Waals surface area contributed by atoms with E-state index in [1.165, 1.54) is 4.90 Å². The van der Waals surface area contributed by atoms with E-state index in [1.807, 2.05) is 6.92 Å². The molecule has 1 heterocycles. The minimum absolute atomic E-state index is 0.0596. The van der Waals surface area contributed by atoms with Crippen LogP contribution in [0, 0.1) is 5.92 Å². The molecule has 1 saturated heterocycles. The zero-order valence-electron chi connectivity index (χ0n) is 15.8. The Hall–Kier alpha value is -1.83. The van der Waals surface area contributed by atoms with Crippen LogP contribution in [0.2, 0.25) is 0 Å². The topological polar surface area (TPSA) is 122 Å². The lowest BCUT2D eigenvalue weighted by Crippen LogP contribution is -2.55. The number of carboxylic acid groups (broad SMARTS) is 1. The van der Waals surface area contributed by atoms with Gasteiger partial charge in [-0.3, -0.25) is 9.59 Å². The number of ether oxygens (including phenoxy) is 1.